The predicted octanol–water partition coefficient (Wildman–Crippen LogP) is 2.28. The molecular formula is C17H22ClNO5. The van der Waals surface area contributed by atoms with Crippen LogP contribution >= 0.6 is 11.6 Å². The van der Waals surface area contributed by atoms with E-state index in [9.17, 15) is 14.7 Å². The van der Waals surface area contributed by atoms with Crippen molar-refractivity contribution in [2.24, 2.45) is 5.41 Å². The molecule has 24 heavy (non-hydrogen) atoms. The smallest absolute Gasteiger partial charge is 0.311 e. The van der Waals surface area contributed by atoms with Gasteiger partial charge in [0.05, 0.1) is 23.5 Å². The van der Waals surface area contributed by atoms with Crippen LogP contribution in [0.2, 0.25) is 5.02 Å². The van der Waals surface area contributed by atoms with E-state index in [1.54, 1.807) is 18.2 Å². The summed E-state index contributed by atoms with van der Waals surface area (Å²) < 4.78 is 10.7. The molecule has 1 fully saturated rings. The molecule has 2 rings (SSSR count). The molecule has 1 amide bonds. The average molecular weight is 356 g/mol. The van der Waals surface area contributed by atoms with Crippen LogP contribution in [0, 0.1) is 5.41 Å². The van der Waals surface area contributed by atoms with Gasteiger partial charge in [-0.05, 0) is 25.8 Å². The van der Waals surface area contributed by atoms with Crippen molar-refractivity contribution < 1.29 is 24.2 Å². The monoisotopic (exact) mass is 355 g/mol. The van der Waals surface area contributed by atoms with Crippen molar-refractivity contribution in [3.05, 3.63) is 28.8 Å². The summed E-state index contributed by atoms with van der Waals surface area (Å²) in [5, 5.41) is 12.7. The van der Waals surface area contributed by atoms with Gasteiger partial charge in [0.2, 0.25) is 5.91 Å². The minimum absolute atomic E-state index is 0.0854. The zero-order valence-corrected chi connectivity index (χ0v) is 14.4. The van der Waals surface area contributed by atoms with Gasteiger partial charge in [-0.3, -0.25) is 9.59 Å². The summed E-state index contributed by atoms with van der Waals surface area (Å²) in [6.45, 7) is 3.17. The number of amides is 1. The van der Waals surface area contributed by atoms with Crippen LogP contribution in [0.15, 0.2) is 18.2 Å². The Labute approximate surface area is 146 Å². The largest absolute Gasteiger partial charge is 0.492 e. The standard InChI is InChI=1S/C17H22ClNO5/c1-2-24-15-12(4-3-5-13(15)18)10-14(20)19-11-17(16(21)22)6-8-23-9-7-17/h3-5H,2,6-11H2,1H3,(H,19,20)(H,21,22). The number of hydrogen-bond acceptors (Lipinski definition) is 4. The Morgan fingerprint density at radius 1 is 1.38 bits per heavy atom. The van der Waals surface area contributed by atoms with E-state index >= 15 is 0 Å². The summed E-state index contributed by atoms with van der Waals surface area (Å²) in [4.78, 5) is 23.8. The number of aliphatic carboxylic acids is 1. The second-order valence-corrected chi connectivity index (χ2v) is 6.22. The molecule has 0 atom stereocenters. The van der Waals surface area contributed by atoms with Crippen LogP contribution in [-0.2, 0) is 20.7 Å². The summed E-state index contributed by atoms with van der Waals surface area (Å²) in [6.07, 6.45) is 0.871. The molecule has 2 N–H and O–H groups in total. The summed E-state index contributed by atoms with van der Waals surface area (Å²) in [5.41, 5.74) is -0.274. The van der Waals surface area contributed by atoms with Gasteiger partial charge < -0.3 is 19.9 Å². The lowest BCUT2D eigenvalue weighted by atomic mass is 9.80. The molecule has 0 unspecified atom stereocenters. The summed E-state index contributed by atoms with van der Waals surface area (Å²) in [6, 6.07) is 5.23. The van der Waals surface area contributed by atoms with Gasteiger partial charge in [0, 0.05) is 25.3 Å². The fraction of sp³-hybridized carbons (Fsp3) is 0.529. The van der Waals surface area contributed by atoms with Gasteiger partial charge in [-0.25, -0.2) is 0 Å². The second-order valence-electron chi connectivity index (χ2n) is 5.81. The lowest BCUT2D eigenvalue weighted by molar-refractivity contribution is -0.154. The molecule has 0 saturated carbocycles. The third-order valence-corrected chi connectivity index (χ3v) is 4.51. The maximum Gasteiger partial charge on any atom is 0.311 e. The van der Waals surface area contributed by atoms with Crippen molar-refractivity contribution >= 4 is 23.5 Å². The van der Waals surface area contributed by atoms with Crippen molar-refractivity contribution in [2.45, 2.75) is 26.2 Å². The van der Waals surface area contributed by atoms with E-state index in [1.165, 1.54) is 0 Å². The minimum Gasteiger partial charge on any atom is -0.492 e. The number of halogens is 1. The number of carboxylic acids is 1. The summed E-state index contributed by atoms with van der Waals surface area (Å²) in [5.74, 6) is -0.662. The van der Waals surface area contributed by atoms with Gasteiger partial charge >= 0.3 is 5.97 Å². The average Bonchev–Trinajstić information content (AvgIpc) is 2.57. The lowest BCUT2D eigenvalue weighted by Crippen LogP contribution is -2.46. The highest BCUT2D eigenvalue weighted by atomic mass is 35.5. The maximum atomic E-state index is 12.3. The van der Waals surface area contributed by atoms with E-state index in [0.29, 0.717) is 49.0 Å². The number of carboxylic acid groups (broad SMARTS) is 1. The molecule has 1 aliphatic rings. The zero-order chi connectivity index (χ0) is 17.6. The van der Waals surface area contributed by atoms with E-state index < -0.39 is 11.4 Å². The van der Waals surface area contributed by atoms with E-state index in [2.05, 4.69) is 5.32 Å². The van der Waals surface area contributed by atoms with Crippen LogP contribution in [-0.4, -0.2) is 43.3 Å². The first-order chi connectivity index (χ1) is 11.5. The minimum atomic E-state index is -0.953. The van der Waals surface area contributed by atoms with Crippen LogP contribution in [0.1, 0.15) is 25.3 Å². The Hall–Kier alpha value is -1.79. The first-order valence-electron chi connectivity index (χ1n) is 7.96. The molecule has 0 spiro atoms. The molecule has 0 radical (unpaired) electrons. The third-order valence-electron chi connectivity index (χ3n) is 4.22. The molecule has 7 heteroatoms. The molecule has 1 aromatic rings. The fourth-order valence-corrected chi connectivity index (χ4v) is 2.98. The Morgan fingerprint density at radius 2 is 2.08 bits per heavy atom. The number of hydrogen-bond donors (Lipinski definition) is 2. The molecule has 1 saturated heterocycles. The van der Waals surface area contributed by atoms with E-state index in [1.807, 2.05) is 6.92 Å². The Morgan fingerprint density at radius 3 is 2.71 bits per heavy atom. The van der Waals surface area contributed by atoms with E-state index in [-0.39, 0.29) is 18.9 Å². The molecule has 1 heterocycles. The summed E-state index contributed by atoms with van der Waals surface area (Å²) in [7, 11) is 0. The number of carbonyl (C=O) groups is 2. The van der Waals surface area contributed by atoms with Crippen LogP contribution in [0.25, 0.3) is 0 Å². The highest BCUT2D eigenvalue weighted by molar-refractivity contribution is 6.32. The van der Waals surface area contributed by atoms with Crippen molar-refractivity contribution in [3.8, 4) is 5.75 Å². The number of nitrogens with one attached hydrogen (secondary N) is 1. The second kappa shape index (κ2) is 8.35. The van der Waals surface area contributed by atoms with Crippen LogP contribution in [0.5, 0.6) is 5.75 Å². The van der Waals surface area contributed by atoms with Gasteiger partial charge in [0.15, 0.2) is 0 Å². The van der Waals surface area contributed by atoms with Crippen molar-refractivity contribution in [3.63, 3.8) is 0 Å². The first kappa shape index (κ1) is 18.5. The zero-order valence-electron chi connectivity index (χ0n) is 13.6. The molecule has 1 aliphatic heterocycles. The molecule has 6 nitrogen and oxygen atoms in total. The fourth-order valence-electron chi connectivity index (χ4n) is 2.73. The Balaban J connectivity index is 2.01. The van der Waals surface area contributed by atoms with Crippen LogP contribution < -0.4 is 10.1 Å². The van der Waals surface area contributed by atoms with E-state index in [4.69, 9.17) is 21.1 Å². The topological polar surface area (TPSA) is 84.9 Å². The number of ether oxygens (including phenoxy) is 2. The SMILES string of the molecule is CCOc1c(Cl)cccc1CC(=O)NCC1(C(=O)O)CCOCC1. The number of para-hydroxylation sites is 1. The van der Waals surface area contributed by atoms with Gasteiger partial charge in [-0.1, -0.05) is 23.7 Å². The first-order valence-corrected chi connectivity index (χ1v) is 8.34. The third kappa shape index (κ3) is 4.39. The van der Waals surface area contributed by atoms with Gasteiger partial charge in [-0.2, -0.15) is 0 Å². The van der Waals surface area contributed by atoms with Crippen molar-refractivity contribution in [1.82, 2.24) is 5.32 Å². The summed E-state index contributed by atoms with van der Waals surface area (Å²) >= 11 is 6.11. The number of benzene rings is 1. The Kier molecular flexibility index (Phi) is 6.45. The molecule has 1 aromatic carbocycles. The van der Waals surface area contributed by atoms with Gasteiger partial charge in [-0.15, -0.1) is 0 Å². The highest BCUT2D eigenvalue weighted by Crippen LogP contribution is 2.31. The Bertz CT molecular complexity index is 599. The number of rotatable bonds is 7. The maximum absolute atomic E-state index is 12.3. The van der Waals surface area contributed by atoms with Crippen molar-refractivity contribution in [1.29, 1.82) is 0 Å². The quantitative estimate of drug-likeness (QED) is 0.783. The highest BCUT2D eigenvalue weighted by Gasteiger charge is 2.40. The molecule has 0 aliphatic carbocycles. The number of carbonyl (C=O) groups excluding carboxylic acids is 1. The van der Waals surface area contributed by atoms with Gasteiger partial charge in [0.25, 0.3) is 0 Å². The van der Waals surface area contributed by atoms with E-state index in [0.717, 1.165) is 0 Å². The van der Waals surface area contributed by atoms with Crippen LogP contribution in [0.3, 0.4) is 0 Å². The lowest BCUT2D eigenvalue weighted by Gasteiger charge is -2.33. The predicted molar refractivity (Wildman–Crippen MR) is 89.5 cm³/mol. The normalized spacial score (nSPS) is 16.4. The molecule has 132 valence electrons. The van der Waals surface area contributed by atoms with Crippen molar-refractivity contribution in [2.75, 3.05) is 26.4 Å². The molecule has 0 bridgehead atoms. The molecular weight excluding hydrogens is 334 g/mol. The van der Waals surface area contributed by atoms with Crippen LogP contribution in [0.4, 0.5) is 0 Å². The van der Waals surface area contributed by atoms with Gasteiger partial charge in [0.1, 0.15) is 5.75 Å². The molecule has 0 aromatic heterocycles.